The summed E-state index contributed by atoms with van der Waals surface area (Å²) >= 11 is 3.43. The molecule has 4 nitrogen and oxygen atoms in total. The lowest BCUT2D eigenvalue weighted by molar-refractivity contribution is 0.582. The molecular weight excluding hydrogens is 328 g/mol. The first-order chi connectivity index (χ1) is 8.92. The molecule has 0 aliphatic carbocycles. The highest BCUT2D eigenvalue weighted by atomic mass is 79.9. The van der Waals surface area contributed by atoms with Gasteiger partial charge in [-0.25, -0.2) is 13.1 Å². The van der Waals surface area contributed by atoms with E-state index < -0.39 is 10.0 Å². The van der Waals surface area contributed by atoms with Crippen LogP contribution in [0.25, 0.3) is 0 Å². The van der Waals surface area contributed by atoms with Gasteiger partial charge in [0.1, 0.15) is 0 Å². The molecular formula is C13H21BrN2O2S. The van der Waals surface area contributed by atoms with Crippen LogP contribution in [0.3, 0.4) is 0 Å². The van der Waals surface area contributed by atoms with E-state index in [1.165, 1.54) is 0 Å². The molecule has 6 heteroatoms. The van der Waals surface area contributed by atoms with Gasteiger partial charge in [-0.3, -0.25) is 0 Å². The van der Waals surface area contributed by atoms with Gasteiger partial charge in [-0.15, -0.1) is 0 Å². The summed E-state index contributed by atoms with van der Waals surface area (Å²) in [5.74, 6) is 0. The van der Waals surface area contributed by atoms with Gasteiger partial charge in [0.2, 0.25) is 10.0 Å². The Kier molecular flexibility index (Phi) is 6.46. The van der Waals surface area contributed by atoms with Crippen molar-refractivity contribution in [2.45, 2.75) is 38.6 Å². The Balaban J connectivity index is 3.10. The van der Waals surface area contributed by atoms with Crippen molar-refractivity contribution >= 4 is 26.0 Å². The maximum atomic E-state index is 12.1. The van der Waals surface area contributed by atoms with E-state index in [1.807, 2.05) is 6.07 Å². The number of hydrogen-bond donors (Lipinski definition) is 2. The average molecular weight is 349 g/mol. The highest BCUT2D eigenvalue weighted by Gasteiger charge is 2.18. The standard InChI is InChI=1S/C13H21BrN2O2S/c1-4-6-15-9-11-7-12(14)10(3)13(8-11)19(17,18)16-5-2/h7-8,15-16H,4-6,9H2,1-3H3. The number of hydrogen-bond acceptors (Lipinski definition) is 3. The predicted molar refractivity (Wildman–Crippen MR) is 81.7 cm³/mol. The van der Waals surface area contributed by atoms with Crippen LogP contribution in [-0.4, -0.2) is 21.5 Å². The molecule has 0 radical (unpaired) electrons. The summed E-state index contributed by atoms with van der Waals surface area (Å²) in [4.78, 5) is 0.344. The third-order valence-corrected chi connectivity index (χ3v) is 5.23. The van der Waals surface area contributed by atoms with E-state index in [4.69, 9.17) is 0 Å². The first kappa shape index (κ1) is 16.6. The van der Waals surface area contributed by atoms with E-state index in [9.17, 15) is 8.42 Å². The molecule has 0 atom stereocenters. The second-order valence-electron chi connectivity index (χ2n) is 4.38. The molecule has 0 fully saturated rings. The third-order valence-electron chi connectivity index (χ3n) is 2.74. The topological polar surface area (TPSA) is 58.2 Å². The van der Waals surface area contributed by atoms with E-state index >= 15 is 0 Å². The molecule has 108 valence electrons. The van der Waals surface area contributed by atoms with E-state index in [0.717, 1.165) is 28.6 Å². The van der Waals surface area contributed by atoms with Crippen LogP contribution < -0.4 is 10.0 Å². The molecule has 1 rings (SSSR count). The summed E-state index contributed by atoms with van der Waals surface area (Å²) in [5.41, 5.74) is 1.70. The van der Waals surface area contributed by atoms with Gasteiger partial charge in [0, 0.05) is 17.6 Å². The van der Waals surface area contributed by atoms with Crippen LogP contribution in [0.4, 0.5) is 0 Å². The lowest BCUT2D eigenvalue weighted by Gasteiger charge is -2.12. The fraction of sp³-hybridized carbons (Fsp3) is 0.538. The van der Waals surface area contributed by atoms with E-state index in [-0.39, 0.29) is 0 Å². The molecule has 0 heterocycles. The molecule has 0 unspecified atom stereocenters. The van der Waals surface area contributed by atoms with Crippen molar-refractivity contribution in [2.24, 2.45) is 0 Å². The lowest BCUT2D eigenvalue weighted by Crippen LogP contribution is -2.24. The number of rotatable bonds is 7. The largest absolute Gasteiger partial charge is 0.313 e. The molecule has 1 aromatic rings. The van der Waals surface area contributed by atoms with Crippen molar-refractivity contribution in [1.82, 2.24) is 10.0 Å². The molecule has 0 aliphatic rings. The zero-order valence-electron chi connectivity index (χ0n) is 11.6. The van der Waals surface area contributed by atoms with Crippen molar-refractivity contribution in [3.63, 3.8) is 0 Å². The minimum Gasteiger partial charge on any atom is -0.313 e. The maximum Gasteiger partial charge on any atom is 0.240 e. The van der Waals surface area contributed by atoms with Gasteiger partial charge in [-0.1, -0.05) is 29.8 Å². The molecule has 2 N–H and O–H groups in total. The third kappa shape index (κ3) is 4.56. The summed E-state index contributed by atoms with van der Waals surface area (Å²) in [5, 5.41) is 3.27. The van der Waals surface area contributed by atoms with Crippen LogP contribution in [0.5, 0.6) is 0 Å². The van der Waals surface area contributed by atoms with Gasteiger partial charge >= 0.3 is 0 Å². The Morgan fingerprint density at radius 2 is 1.95 bits per heavy atom. The average Bonchev–Trinajstić information content (AvgIpc) is 2.33. The Hall–Kier alpha value is -0.430. The predicted octanol–water partition coefficient (Wildman–Crippen LogP) is 2.56. The zero-order valence-corrected chi connectivity index (χ0v) is 14.0. The van der Waals surface area contributed by atoms with E-state index in [2.05, 4.69) is 32.9 Å². The summed E-state index contributed by atoms with van der Waals surface area (Å²) in [6.45, 7) is 7.64. The molecule has 0 spiro atoms. The van der Waals surface area contributed by atoms with Crippen LogP contribution in [0.1, 0.15) is 31.4 Å². The maximum absolute atomic E-state index is 12.1. The zero-order chi connectivity index (χ0) is 14.5. The highest BCUT2D eigenvalue weighted by Crippen LogP contribution is 2.25. The lowest BCUT2D eigenvalue weighted by atomic mass is 10.1. The Morgan fingerprint density at radius 3 is 2.53 bits per heavy atom. The SMILES string of the molecule is CCCNCc1cc(Br)c(C)c(S(=O)(=O)NCC)c1. The van der Waals surface area contributed by atoms with Gasteiger partial charge in [0.15, 0.2) is 0 Å². The quantitative estimate of drug-likeness (QED) is 0.744. The highest BCUT2D eigenvalue weighted by molar-refractivity contribution is 9.10. The van der Waals surface area contributed by atoms with Crippen LogP contribution in [-0.2, 0) is 16.6 Å². The molecule has 19 heavy (non-hydrogen) atoms. The van der Waals surface area contributed by atoms with Crippen molar-refractivity contribution in [3.8, 4) is 0 Å². The second kappa shape index (κ2) is 7.38. The first-order valence-electron chi connectivity index (χ1n) is 6.41. The summed E-state index contributed by atoms with van der Waals surface area (Å²) in [6, 6.07) is 3.70. The molecule has 1 aromatic carbocycles. The number of benzene rings is 1. The van der Waals surface area contributed by atoms with E-state index in [0.29, 0.717) is 18.0 Å². The fourth-order valence-electron chi connectivity index (χ4n) is 1.77. The van der Waals surface area contributed by atoms with Gasteiger partial charge < -0.3 is 5.32 Å². The first-order valence-corrected chi connectivity index (χ1v) is 8.69. The molecule has 0 saturated heterocycles. The summed E-state index contributed by atoms with van der Waals surface area (Å²) in [6.07, 6.45) is 1.05. The Bertz CT molecular complexity index is 530. The van der Waals surface area contributed by atoms with Crippen LogP contribution in [0, 0.1) is 6.92 Å². The number of sulfonamides is 1. The molecule has 0 amide bonds. The van der Waals surface area contributed by atoms with Crippen molar-refractivity contribution in [1.29, 1.82) is 0 Å². The van der Waals surface area contributed by atoms with Gasteiger partial charge in [-0.05, 0) is 43.1 Å². The monoisotopic (exact) mass is 348 g/mol. The minimum atomic E-state index is -3.42. The molecule has 0 saturated carbocycles. The van der Waals surface area contributed by atoms with Gasteiger partial charge in [-0.2, -0.15) is 0 Å². The molecule has 0 aliphatic heterocycles. The smallest absolute Gasteiger partial charge is 0.240 e. The second-order valence-corrected chi connectivity index (χ2v) is 6.97. The number of nitrogens with one attached hydrogen (secondary N) is 2. The van der Waals surface area contributed by atoms with Crippen molar-refractivity contribution in [2.75, 3.05) is 13.1 Å². The molecule has 0 aromatic heterocycles. The summed E-state index contributed by atoms with van der Waals surface area (Å²) in [7, 11) is -3.42. The summed E-state index contributed by atoms with van der Waals surface area (Å²) < 4.78 is 27.6. The normalized spacial score (nSPS) is 11.8. The van der Waals surface area contributed by atoms with Crippen LogP contribution in [0.2, 0.25) is 0 Å². The van der Waals surface area contributed by atoms with Gasteiger partial charge in [0.25, 0.3) is 0 Å². The van der Waals surface area contributed by atoms with Crippen LogP contribution in [0.15, 0.2) is 21.5 Å². The van der Waals surface area contributed by atoms with Gasteiger partial charge in [0.05, 0.1) is 4.90 Å². The van der Waals surface area contributed by atoms with Crippen LogP contribution >= 0.6 is 15.9 Å². The van der Waals surface area contributed by atoms with E-state index in [1.54, 1.807) is 19.9 Å². The van der Waals surface area contributed by atoms with Crippen molar-refractivity contribution in [3.05, 3.63) is 27.7 Å². The molecule has 0 bridgehead atoms. The van der Waals surface area contributed by atoms with Crippen molar-refractivity contribution < 1.29 is 8.42 Å². The minimum absolute atomic E-state index is 0.344. The Labute approximate surface area is 124 Å². The Morgan fingerprint density at radius 1 is 1.26 bits per heavy atom. The fourth-order valence-corrected chi connectivity index (χ4v) is 3.76. The number of halogens is 1.